The highest BCUT2D eigenvalue weighted by Crippen LogP contribution is 2.33. The third-order valence-corrected chi connectivity index (χ3v) is 5.75. The Morgan fingerprint density at radius 1 is 1.18 bits per heavy atom. The molecule has 1 atom stereocenters. The molecule has 102 valence electrons. The molecule has 1 fully saturated rings. The summed E-state index contributed by atoms with van der Waals surface area (Å²) in [4.78, 5) is 0. The molecular formula is C10H21NO4S2. The number of sulfone groups is 2. The fourth-order valence-electron chi connectivity index (χ4n) is 1.76. The van der Waals surface area contributed by atoms with E-state index >= 15 is 0 Å². The summed E-state index contributed by atoms with van der Waals surface area (Å²) in [5.41, 5.74) is 0. The summed E-state index contributed by atoms with van der Waals surface area (Å²) in [6.07, 6.45) is 3.20. The van der Waals surface area contributed by atoms with E-state index in [1.54, 1.807) is 0 Å². The summed E-state index contributed by atoms with van der Waals surface area (Å²) < 4.78 is 45.5. The summed E-state index contributed by atoms with van der Waals surface area (Å²) in [6.45, 7) is 2.68. The maximum absolute atomic E-state index is 11.8. The molecule has 1 saturated carbocycles. The minimum Gasteiger partial charge on any atom is -0.313 e. The fraction of sp³-hybridized carbons (Fsp3) is 1.00. The molecule has 0 spiro atoms. The van der Waals surface area contributed by atoms with Gasteiger partial charge >= 0.3 is 0 Å². The maximum atomic E-state index is 11.8. The zero-order chi connectivity index (χ0) is 13.1. The second-order valence-corrected chi connectivity index (χ2v) is 9.23. The van der Waals surface area contributed by atoms with Gasteiger partial charge in [-0.1, -0.05) is 6.92 Å². The van der Waals surface area contributed by atoms with Crippen LogP contribution in [0.3, 0.4) is 0 Å². The van der Waals surface area contributed by atoms with E-state index in [4.69, 9.17) is 0 Å². The molecule has 5 nitrogen and oxygen atoms in total. The Morgan fingerprint density at radius 2 is 1.76 bits per heavy atom. The van der Waals surface area contributed by atoms with Crippen LogP contribution in [0.15, 0.2) is 0 Å². The predicted octanol–water partition coefficient (Wildman–Crippen LogP) is -0.166. The van der Waals surface area contributed by atoms with Crippen LogP contribution in [0.25, 0.3) is 0 Å². The summed E-state index contributed by atoms with van der Waals surface area (Å²) in [5, 5.41) is 3.17. The van der Waals surface area contributed by atoms with Crippen LogP contribution in [-0.2, 0) is 19.7 Å². The Labute approximate surface area is 104 Å². The summed E-state index contributed by atoms with van der Waals surface area (Å²) in [7, 11) is -6.49. The van der Waals surface area contributed by atoms with Gasteiger partial charge < -0.3 is 5.32 Å². The Balaban J connectivity index is 2.52. The van der Waals surface area contributed by atoms with Crippen molar-refractivity contribution >= 4 is 19.7 Å². The highest BCUT2D eigenvalue weighted by Gasteiger charge is 2.33. The molecule has 1 aliphatic carbocycles. The van der Waals surface area contributed by atoms with Gasteiger partial charge in [-0.2, -0.15) is 0 Å². The first kappa shape index (κ1) is 14.9. The van der Waals surface area contributed by atoms with Gasteiger partial charge in [-0.3, -0.25) is 0 Å². The zero-order valence-corrected chi connectivity index (χ0v) is 12.0. The molecule has 0 aromatic rings. The zero-order valence-electron chi connectivity index (χ0n) is 10.3. The van der Waals surface area contributed by atoms with E-state index < -0.39 is 19.7 Å². The summed E-state index contributed by atoms with van der Waals surface area (Å²) in [5.74, 6) is -0.0386. The van der Waals surface area contributed by atoms with Gasteiger partial charge in [0, 0.05) is 12.3 Å². The smallest absolute Gasteiger partial charge is 0.152 e. The number of hydrogen-bond acceptors (Lipinski definition) is 5. The Morgan fingerprint density at radius 3 is 2.18 bits per heavy atom. The highest BCUT2D eigenvalue weighted by molar-refractivity contribution is 7.94. The van der Waals surface area contributed by atoms with Gasteiger partial charge in [-0.25, -0.2) is 16.8 Å². The van der Waals surface area contributed by atoms with Crippen molar-refractivity contribution in [3.63, 3.8) is 0 Å². The minimum absolute atomic E-state index is 0.00967. The lowest BCUT2D eigenvalue weighted by Gasteiger charge is -2.17. The second-order valence-electron chi connectivity index (χ2n) is 4.75. The van der Waals surface area contributed by atoms with Crippen molar-refractivity contribution < 1.29 is 16.8 Å². The van der Waals surface area contributed by atoms with Crippen molar-refractivity contribution in [2.24, 2.45) is 5.92 Å². The lowest BCUT2D eigenvalue weighted by atomic mass is 10.2. The van der Waals surface area contributed by atoms with Crippen molar-refractivity contribution in [3.05, 3.63) is 0 Å². The SMILES string of the molecule is CCNC(CS(=O)(=O)CCS(C)(=O)=O)C1CC1. The van der Waals surface area contributed by atoms with E-state index in [1.807, 2.05) is 6.92 Å². The first-order valence-electron chi connectivity index (χ1n) is 5.85. The van der Waals surface area contributed by atoms with Gasteiger partial charge in [0.25, 0.3) is 0 Å². The summed E-state index contributed by atoms with van der Waals surface area (Å²) in [6, 6.07) is -0.00967. The Kier molecular flexibility index (Phi) is 4.97. The molecular weight excluding hydrogens is 262 g/mol. The molecule has 0 radical (unpaired) electrons. The topological polar surface area (TPSA) is 80.3 Å². The number of hydrogen-bond donors (Lipinski definition) is 1. The fourth-order valence-corrected chi connectivity index (χ4v) is 5.09. The van der Waals surface area contributed by atoms with E-state index in [2.05, 4.69) is 5.32 Å². The first-order valence-corrected chi connectivity index (χ1v) is 9.73. The number of nitrogens with one attached hydrogen (secondary N) is 1. The maximum Gasteiger partial charge on any atom is 0.152 e. The minimum atomic E-state index is -3.28. The molecule has 1 aliphatic rings. The average molecular weight is 283 g/mol. The van der Waals surface area contributed by atoms with Crippen molar-refractivity contribution in [1.29, 1.82) is 0 Å². The summed E-state index contributed by atoms with van der Waals surface area (Å²) >= 11 is 0. The molecule has 17 heavy (non-hydrogen) atoms. The lowest BCUT2D eigenvalue weighted by molar-refractivity contribution is 0.502. The van der Waals surface area contributed by atoms with Crippen LogP contribution in [0.2, 0.25) is 0 Å². The third kappa shape index (κ3) is 6.38. The largest absolute Gasteiger partial charge is 0.313 e. The van der Waals surface area contributed by atoms with Crippen molar-refractivity contribution in [2.45, 2.75) is 25.8 Å². The Hall–Kier alpha value is -0.140. The van der Waals surface area contributed by atoms with Crippen LogP contribution in [0.4, 0.5) is 0 Å². The van der Waals surface area contributed by atoms with E-state index in [-0.39, 0.29) is 23.3 Å². The first-order chi connectivity index (χ1) is 7.73. The van der Waals surface area contributed by atoms with Gasteiger partial charge in [0.05, 0.1) is 17.3 Å². The molecule has 0 bridgehead atoms. The van der Waals surface area contributed by atoms with Crippen molar-refractivity contribution in [1.82, 2.24) is 5.32 Å². The van der Waals surface area contributed by atoms with Crippen LogP contribution in [0.5, 0.6) is 0 Å². The van der Waals surface area contributed by atoms with Crippen LogP contribution in [0, 0.1) is 5.92 Å². The molecule has 1 N–H and O–H groups in total. The van der Waals surface area contributed by atoms with Gasteiger partial charge in [0.2, 0.25) is 0 Å². The van der Waals surface area contributed by atoms with Crippen LogP contribution >= 0.6 is 0 Å². The monoisotopic (exact) mass is 283 g/mol. The molecule has 0 aromatic heterocycles. The molecule has 1 unspecified atom stereocenters. The van der Waals surface area contributed by atoms with Gasteiger partial charge in [0.1, 0.15) is 9.84 Å². The van der Waals surface area contributed by atoms with Crippen molar-refractivity contribution in [3.8, 4) is 0 Å². The molecule has 0 aromatic carbocycles. The quantitative estimate of drug-likeness (QED) is 0.669. The van der Waals surface area contributed by atoms with Gasteiger partial charge in [-0.15, -0.1) is 0 Å². The normalized spacial score (nSPS) is 19.2. The predicted molar refractivity (Wildman–Crippen MR) is 68.6 cm³/mol. The van der Waals surface area contributed by atoms with Crippen LogP contribution < -0.4 is 5.32 Å². The van der Waals surface area contributed by atoms with Crippen LogP contribution in [-0.4, -0.2) is 52.9 Å². The molecule has 7 heteroatoms. The van der Waals surface area contributed by atoms with E-state index in [0.29, 0.717) is 5.92 Å². The van der Waals surface area contributed by atoms with E-state index in [9.17, 15) is 16.8 Å². The molecule has 0 amide bonds. The van der Waals surface area contributed by atoms with E-state index in [1.165, 1.54) is 0 Å². The van der Waals surface area contributed by atoms with Crippen LogP contribution in [0.1, 0.15) is 19.8 Å². The molecule has 0 saturated heterocycles. The van der Waals surface area contributed by atoms with Gasteiger partial charge in [-0.05, 0) is 25.3 Å². The second kappa shape index (κ2) is 5.67. The highest BCUT2D eigenvalue weighted by atomic mass is 32.2. The number of rotatable bonds is 8. The van der Waals surface area contributed by atoms with Crippen molar-refractivity contribution in [2.75, 3.05) is 30.1 Å². The molecule has 1 rings (SSSR count). The third-order valence-electron chi connectivity index (χ3n) is 2.86. The Bertz CT molecular complexity index is 437. The standard InChI is InChI=1S/C10H21NO4S2/c1-3-11-10(9-4-5-9)8-17(14,15)7-6-16(2,12)13/h9-11H,3-8H2,1-2H3. The average Bonchev–Trinajstić information content (AvgIpc) is 2.96. The lowest BCUT2D eigenvalue weighted by Crippen LogP contribution is -2.38. The van der Waals surface area contributed by atoms with E-state index in [0.717, 1.165) is 25.6 Å². The molecule has 0 aliphatic heterocycles. The molecule has 0 heterocycles. The van der Waals surface area contributed by atoms with Gasteiger partial charge in [0.15, 0.2) is 9.84 Å².